The van der Waals surface area contributed by atoms with Gasteiger partial charge < -0.3 is 14.6 Å². The number of ether oxygens (including phenoxy) is 2. The predicted octanol–water partition coefficient (Wildman–Crippen LogP) is 2.30. The molecular formula is C15H22N4O6. The number of hydrogen-bond donors (Lipinski definition) is 1. The van der Waals surface area contributed by atoms with Gasteiger partial charge in [-0.25, -0.2) is 14.4 Å². The van der Waals surface area contributed by atoms with Gasteiger partial charge in [0, 0.05) is 0 Å². The summed E-state index contributed by atoms with van der Waals surface area (Å²) in [5.41, 5.74) is -1.93. The van der Waals surface area contributed by atoms with Gasteiger partial charge in [-0.05, 0) is 47.6 Å². The number of amides is 2. The number of carboxylic acid groups (broad SMARTS) is 1. The monoisotopic (exact) mass is 354 g/mol. The maximum Gasteiger partial charge on any atom is 0.426 e. The Morgan fingerprint density at radius 3 is 1.84 bits per heavy atom. The first kappa shape index (κ1) is 20.1. The van der Waals surface area contributed by atoms with E-state index in [0.29, 0.717) is 0 Å². The molecule has 1 N–H and O–H groups in total. The van der Waals surface area contributed by atoms with Crippen LogP contribution in [0.3, 0.4) is 0 Å². The summed E-state index contributed by atoms with van der Waals surface area (Å²) in [5, 5.41) is 16.8. The Morgan fingerprint density at radius 2 is 1.52 bits per heavy atom. The maximum atomic E-state index is 12.4. The highest BCUT2D eigenvalue weighted by atomic mass is 16.6. The van der Waals surface area contributed by atoms with Crippen molar-refractivity contribution in [1.82, 2.24) is 14.8 Å². The molecule has 0 saturated heterocycles. The van der Waals surface area contributed by atoms with Gasteiger partial charge in [-0.2, -0.15) is 14.8 Å². The SMILES string of the molecule is CC(C)(C)OC(=O)N(C(=O)OC(C)(C)C)/C(=N/n1cccn1)C(=O)O. The van der Waals surface area contributed by atoms with Crippen molar-refractivity contribution in [3.63, 3.8) is 0 Å². The first-order valence-electron chi connectivity index (χ1n) is 7.38. The molecule has 25 heavy (non-hydrogen) atoms. The van der Waals surface area contributed by atoms with Crippen molar-refractivity contribution in [3.8, 4) is 0 Å². The fraction of sp³-hybridized carbons (Fsp3) is 0.533. The molecular weight excluding hydrogens is 332 g/mol. The number of hydrogen-bond acceptors (Lipinski definition) is 7. The van der Waals surface area contributed by atoms with Gasteiger partial charge >= 0.3 is 18.2 Å². The third kappa shape index (κ3) is 6.61. The van der Waals surface area contributed by atoms with Gasteiger partial charge in [0.15, 0.2) is 0 Å². The minimum absolute atomic E-state index is 0.223. The molecule has 0 fully saturated rings. The molecule has 0 aliphatic heterocycles. The van der Waals surface area contributed by atoms with E-state index in [9.17, 15) is 19.5 Å². The van der Waals surface area contributed by atoms with Crippen LogP contribution in [0.1, 0.15) is 41.5 Å². The fourth-order valence-corrected chi connectivity index (χ4v) is 1.46. The van der Waals surface area contributed by atoms with E-state index >= 15 is 0 Å². The minimum Gasteiger partial charge on any atom is -0.475 e. The smallest absolute Gasteiger partial charge is 0.426 e. The molecule has 1 aromatic rings. The van der Waals surface area contributed by atoms with E-state index in [4.69, 9.17) is 9.47 Å². The van der Waals surface area contributed by atoms with Crippen LogP contribution in [0.15, 0.2) is 23.6 Å². The quantitative estimate of drug-likeness (QED) is 0.606. The summed E-state index contributed by atoms with van der Waals surface area (Å²) in [5.74, 6) is -2.54. The summed E-state index contributed by atoms with van der Waals surface area (Å²) in [6.45, 7) is 9.44. The van der Waals surface area contributed by atoms with Gasteiger partial charge in [-0.15, -0.1) is 5.10 Å². The highest BCUT2D eigenvalue weighted by Gasteiger charge is 2.38. The molecule has 10 heteroatoms. The molecule has 1 heterocycles. The second-order valence-electron chi connectivity index (χ2n) is 6.95. The second kappa shape index (κ2) is 7.32. The number of carbonyl (C=O) groups excluding carboxylic acids is 2. The van der Waals surface area contributed by atoms with E-state index in [2.05, 4.69) is 10.2 Å². The molecule has 0 bridgehead atoms. The van der Waals surface area contributed by atoms with Gasteiger partial charge in [-0.1, -0.05) is 0 Å². The highest BCUT2D eigenvalue weighted by molar-refractivity contribution is 6.40. The average molecular weight is 354 g/mol. The minimum atomic E-state index is -1.63. The zero-order valence-corrected chi connectivity index (χ0v) is 15.0. The number of carboxylic acids is 1. The average Bonchev–Trinajstić information content (AvgIpc) is 2.86. The summed E-state index contributed by atoms with van der Waals surface area (Å²) in [4.78, 5) is 37.5. The number of aliphatic carboxylic acids is 1. The molecule has 0 aliphatic rings. The summed E-state index contributed by atoms with van der Waals surface area (Å²) in [6, 6.07) is 1.49. The van der Waals surface area contributed by atoms with Gasteiger partial charge in [0.05, 0.1) is 12.4 Å². The lowest BCUT2D eigenvalue weighted by Crippen LogP contribution is -2.49. The molecule has 1 rings (SSSR count). The molecule has 0 aromatic carbocycles. The molecule has 10 nitrogen and oxygen atoms in total. The van der Waals surface area contributed by atoms with Crippen LogP contribution >= 0.6 is 0 Å². The lowest BCUT2D eigenvalue weighted by molar-refractivity contribution is -0.130. The lowest BCUT2D eigenvalue weighted by Gasteiger charge is -2.27. The van der Waals surface area contributed by atoms with Crippen LogP contribution in [-0.2, 0) is 14.3 Å². The Bertz CT molecular complexity index is 639. The van der Waals surface area contributed by atoms with Crippen molar-refractivity contribution in [2.75, 3.05) is 0 Å². The number of carbonyl (C=O) groups is 3. The summed E-state index contributed by atoms with van der Waals surface area (Å²) in [7, 11) is 0. The fourth-order valence-electron chi connectivity index (χ4n) is 1.46. The van der Waals surface area contributed by atoms with Crippen molar-refractivity contribution in [1.29, 1.82) is 0 Å². The van der Waals surface area contributed by atoms with Crippen LogP contribution in [-0.4, -0.2) is 55.1 Å². The van der Waals surface area contributed by atoms with Crippen molar-refractivity contribution in [2.45, 2.75) is 52.7 Å². The number of rotatable bonds is 1. The highest BCUT2D eigenvalue weighted by Crippen LogP contribution is 2.15. The van der Waals surface area contributed by atoms with Crippen LogP contribution in [0, 0.1) is 0 Å². The molecule has 0 radical (unpaired) electrons. The third-order valence-corrected chi connectivity index (χ3v) is 2.24. The van der Waals surface area contributed by atoms with Crippen molar-refractivity contribution < 1.29 is 29.0 Å². The van der Waals surface area contributed by atoms with Gasteiger partial charge in [-0.3, -0.25) is 0 Å². The molecule has 2 amide bonds. The third-order valence-electron chi connectivity index (χ3n) is 2.24. The van der Waals surface area contributed by atoms with Crippen LogP contribution < -0.4 is 0 Å². The first-order valence-corrected chi connectivity index (χ1v) is 7.38. The Balaban J connectivity index is 3.33. The van der Waals surface area contributed by atoms with E-state index in [1.165, 1.54) is 18.5 Å². The second-order valence-corrected chi connectivity index (χ2v) is 6.95. The van der Waals surface area contributed by atoms with Crippen LogP contribution in [0.2, 0.25) is 0 Å². The first-order chi connectivity index (χ1) is 11.3. The van der Waals surface area contributed by atoms with E-state index in [1.807, 2.05) is 0 Å². The van der Waals surface area contributed by atoms with Gasteiger partial charge in [0.25, 0.3) is 5.84 Å². The number of nitrogens with zero attached hydrogens (tertiary/aromatic N) is 4. The van der Waals surface area contributed by atoms with Gasteiger partial charge in [0.2, 0.25) is 0 Å². The normalized spacial score (nSPS) is 12.5. The maximum absolute atomic E-state index is 12.4. The van der Waals surface area contributed by atoms with Crippen molar-refractivity contribution in [2.24, 2.45) is 5.10 Å². The summed E-state index contributed by atoms with van der Waals surface area (Å²) >= 11 is 0. The number of imide groups is 1. The van der Waals surface area contributed by atoms with E-state index in [-0.39, 0.29) is 4.90 Å². The van der Waals surface area contributed by atoms with E-state index in [1.54, 1.807) is 41.5 Å². The van der Waals surface area contributed by atoms with E-state index in [0.717, 1.165) is 4.79 Å². The Labute approximate surface area is 145 Å². The molecule has 0 unspecified atom stereocenters. The summed E-state index contributed by atoms with van der Waals surface area (Å²) < 4.78 is 10.2. The number of amidine groups is 1. The molecule has 0 spiro atoms. The lowest BCUT2D eigenvalue weighted by atomic mass is 10.2. The molecule has 0 aliphatic carbocycles. The van der Waals surface area contributed by atoms with Crippen molar-refractivity contribution in [3.05, 3.63) is 18.5 Å². The van der Waals surface area contributed by atoms with E-state index < -0.39 is 35.2 Å². The zero-order valence-electron chi connectivity index (χ0n) is 15.0. The van der Waals surface area contributed by atoms with Crippen LogP contribution in [0.5, 0.6) is 0 Å². The Kier molecular flexibility index (Phi) is 5.90. The van der Waals surface area contributed by atoms with Gasteiger partial charge in [0.1, 0.15) is 11.2 Å². The van der Waals surface area contributed by atoms with Crippen LogP contribution in [0.4, 0.5) is 9.59 Å². The summed E-state index contributed by atoms with van der Waals surface area (Å²) in [6.07, 6.45) is 0.240. The molecule has 1 aromatic heterocycles. The Hall–Kier alpha value is -2.91. The Morgan fingerprint density at radius 1 is 1.04 bits per heavy atom. The molecule has 138 valence electrons. The van der Waals surface area contributed by atoms with Crippen LogP contribution in [0.25, 0.3) is 0 Å². The predicted molar refractivity (Wildman–Crippen MR) is 87.0 cm³/mol. The zero-order chi connectivity index (χ0) is 19.4. The molecule has 0 atom stereocenters. The standard InChI is InChI=1S/C15H22N4O6/c1-14(2,3)24-12(22)19(13(23)25-15(4,5)6)10(11(20)21)17-18-9-7-8-16-18/h7-9H,1-6H3,(H,20,21)/b17-10+. The largest absolute Gasteiger partial charge is 0.475 e. The van der Waals surface area contributed by atoms with Crippen molar-refractivity contribution >= 4 is 24.0 Å². The topological polar surface area (TPSA) is 123 Å². The number of aromatic nitrogens is 2. The molecule has 0 saturated carbocycles.